The van der Waals surface area contributed by atoms with E-state index in [0.29, 0.717) is 19.4 Å². The van der Waals surface area contributed by atoms with E-state index in [1.807, 2.05) is 6.92 Å². The zero-order valence-electron chi connectivity index (χ0n) is 10.7. The van der Waals surface area contributed by atoms with Gasteiger partial charge in [0.25, 0.3) is 0 Å². The average molecular weight is 243 g/mol. The van der Waals surface area contributed by atoms with Crippen LogP contribution in [0.1, 0.15) is 26.2 Å². The fraction of sp³-hybridized carbons (Fsp3) is 0.833. The molecule has 0 bridgehead atoms. The quantitative estimate of drug-likeness (QED) is 0.781. The Balaban J connectivity index is 2.65. The second-order valence-corrected chi connectivity index (χ2v) is 4.74. The van der Waals surface area contributed by atoms with Gasteiger partial charge in [-0.2, -0.15) is 0 Å². The Bertz CT molecular complexity index is 292. The highest BCUT2D eigenvalue weighted by Crippen LogP contribution is 2.33. The van der Waals surface area contributed by atoms with Gasteiger partial charge < -0.3 is 14.7 Å². The zero-order valence-corrected chi connectivity index (χ0v) is 10.7. The lowest BCUT2D eigenvalue weighted by molar-refractivity contribution is -0.149. The monoisotopic (exact) mass is 243 g/mol. The average Bonchev–Trinajstić information content (AvgIpc) is 2.76. The van der Waals surface area contributed by atoms with Gasteiger partial charge in [0.1, 0.15) is 0 Å². The highest BCUT2D eigenvalue weighted by molar-refractivity contribution is 5.85. The first-order valence-electron chi connectivity index (χ1n) is 5.97. The van der Waals surface area contributed by atoms with E-state index in [1.165, 1.54) is 0 Å². The summed E-state index contributed by atoms with van der Waals surface area (Å²) in [5.41, 5.74) is 0. The molecule has 5 heteroatoms. The lowest BCUT2D eigenvalue weighted by atomic mass is 9.94. The zero-order chi connectivity index (χ0) is 13.0. The second kappa shape index (κ2) is 6.00. The molecule has 98 valence electrons. The number of methoxy groups -OCH3 is 1. The van der Waals surface area contributed by atoms with Gasteiger partial charge in [0, 0.05) is 14.2 Å². The van der Waals surface area contributed by atoms with Crippen molar-refractivity contribution >= 4 is 11.9 Å². The number of ether oxygens (including phenoxy) is 1. The SMILES string of the molecule is COCC(C)N(C)C(=O)C1CCCC1C(=O)O. The van der Waals surface area contributed by atoms with Gasteiger partial charge in [-0.05, 0) is 19.8 Å². The summed E-state index contributed by atoms with van der Waals surface area (Å²) < 4.78 is 5.00. The van der Waals surface area contributed by atoms with Crippen molar-refractivity contribution in [1.29, 1.82) is 0 Å². The number of rotatable bonds is 5. The molecule has 0 aromatic rings. The summed E-state index contributed by atoms with van der Waals surface area (Å²) in [4.78, 5) is 24.8. The van der Waals surface area contributed by atoms with Crippen LogP contribution in [0.5, 0.6) is 0 Å². The lowest BCUT2D eigenvalue weighted by Gasteiger charge is -2.28. The number of hydrogen-bond donors (Lipinski definition) is 1. The maximum absolute atomic E-state index is 12.2. The Kier molecular flexibility index (Phi) is 4.93. The third-order valence-corrected chi connectivity index (χ3v) is 3.57. The molecule has 1 N–H and O–H groups in total. The summed E-state index contributed by atoms with van der Waals surface area (Å²) in [7, 11) is 3.30. The summed E-state index contributed by atoms with van der Waals surface area (Å²) in [5, 5.41) is 9.06. The van der Waals surface area contributed by atoms with Gasteiger partial charge in [0.05, 0.1) is 24.5 Å². The van der Waals surface area contributed by atoms with Crippen molar-refractivity contribution in [2.24, 2.45) is 11.8 Å². The third-order valence-electron chi connectivity index (χ3n) is 3.57. The summed E-state index contributed by atoms with van der Waals surface area (Å²) in [5.74, 6) is -1.80. The van der Waals surface area contributed by atoms with Crippen molar-refractivity contribution < 1.29 is 19.4 Å². The molecule has 5 nitrogen and oxygen atoms in total. The highest BCUT2D eigenvalue weighted by Gasteiger charge is 2.39. The largest absolute Gasteiger partial charge is 0.481 e. The van der Waals surface area contributed by atoms with Gasteiger partial charge in [-0.25, -0.2) is 0 Å². The predicted molar refractivity (Wildman–Crippen MR) is 62.6 cm³/mol. The van der Waals surface area contributed by atoms with E-state index in [9.17, 15) is 9.59 Å². The van der Waals surface area contributed by atoms with E-state index >= 15 is 0 Å². The molecule has 3 unspecified atom stereocenters. The molecule has 0 spiro atoms. The number of carboxylic acid groups (broad SMARTS) is 1. The molecule has 0 aromatic heterocycles. The molecule has 1 fully saturated rings. The van der Waals surface area contributed by atoms with Crippen LogP contribution in [0.25, 0.3) is 0 Å². The Morgan fingerprint density at radius 2 is 2.00 bits per heavy atom. The Labute approximate surface area is 102 Å². The van der Waals surface area contributed by atoms with Gasteiger partial charge in [0.2, 0.25) is 5.91 Å². The minimum absolute atomic E-state index is 0.0254. The number of likely N-dealkylation sites (N-methyl/N-ethyl adjacent to an activating group) is 1. The standard InChI is InChI=1S/C12H21NO4/c1-8(7-17-3)13(2)11(14)9-5-4-6-10(9)12(15)16/h8-10H,4-7H2,1-3H3,(H,15,16). The van der Waals surface area contributed by atoms with Crippen LogP contribution >= 0.6 is 0 Å². The molecule has 1 rings (SSSR count). The molecular weight excluding hydrogens is 222 g/mol. The Morgan fingerprint density at radius 1 is 1.41 bits per heavy atom. The number of amides is 1. The minimum atomic E-state index is -0.853. The van der Waals surface area contributed by atoms with Gasteiger partial charge in [-0.15, -0.1) is 0 Å². The topological polar surface area (TPSA) is 66.8 Å². The van der Waals surface area contributed by atoms with E-state index in [-0.39, 0.29) is 17.9 Å². The van der Waals surface area contributed by atoms with Gasteiger partial charge in [0.15, 0.2) is 0 Å². The molecule has 3 atom stereocenters. The van der Waals surface area contributed by atoms with Crippen LogP contribution in [0.2, 0.25) is 0 Å². The maximum atomic E-state index is 12.2. The van der Waals surface area contributed by atoms with Crippen LogP contribution in [0.4, 0.5) is 0 Å². The molecule has 1 amide bonds. The molecule has 0 aliphatic heterocycles. The predicted octanol–water partition coefficient (Wildman–Crippen LogP) is 0.981. The summed E-state index contributed by atoms with van der Waals surface area (Å²) in [6, 6.07) is -0.0254. The van der Waals surface area contributed by atoms with Crippen LogP contribution in [0, 0.1) is 11.8 Å². The van der Waals surface area contributed by atoms with Crippen molar-refractivity contribution in [2.45, 2.75) is 32.2 Å². The first kappa shape index (κ1) is 14.0. The lowest BCUT2D eigenvalue weighted by Crippen LogP contribution is -2.43. The van der Waals surface area contributed by atoms with Crippen molar-refractivity contribution in [1.82, 2.24) is 4.90 Å². The number of carbonyl (C=O) groups is 2. The maximum Gasteiger partial charge on any atom is 0.307 e. The normalized spacial score (nSPS) is 25.6. The van der Waals surface area contributed by atoms with E-state index in [0.717, 1.165) is 6.42 Å². The summed E-state index contributed by atoms with van der Waals surface area (Å²) in [6.45, 7) is 2.36. The molecule has 0 saturated heterocycles. The molecule has 1 saturated carbocycles. The molecule has 0 radical (unpaired) electrons. The van der Waals surface area contributed by atoms with Crippen molar-refractivity contribution in [3.63, 3.8) is 0 Å². The first-order valence-corrected chi connectivity index (χ1v) is 5.97. The molecule has 1 aliphatic carbocycles. The number of carbonyl (C=O) groups excluding carboxylic acids is 1. The van der Waals surface area contributed by atoms with E-state index in [4.69, 9.17) is 9.84 Å². The van der Waals surface area contributed by atoms with Crippen LogP contribution in [-0.4, -0.2) is 48.7 Å². The highest BCUT2D eigenvalue weighted by atomic mass is 16.5. The van der Waals surface area contributed by atoms with Gasteiger partial charge in [-0.3, -0.25) is 9.59 Å². The molecule has 17 heavy (non-hydrogen) atoms. The van der Waals surface area contributed by atoms with Crippen LogP contribution < -0.4 is 0 Å². The minimum Gasteiger partial charge on any atom is -0.481 e. The van der Waals surface area contributed by atoms with Crippen molar-refractivity contribution in [2.75, 3.05) is 20.8 Å². The number of nitrogens with zero attached hydrogens (tertiary/aromatic N) is 1. The van der Waals surface area contributed by atoms with Crippen LogP contribution in [0.3, 0.4) is 0 Å². The van der Waals surface area contributed by atoms with E-state index < -0.39 is 11.9 Å². The summed E-state index contributed by atoms with van der Waals surface area (Å²) in [6.07, 6.45) is 2.11. The smallest absolute Gasteiger partial charge is 0.307 e. The third kappa shape index (κ3) is 3.19. The fourth-order valence-corrected chi connectivity index (χ4v) is 2.38. The fourth-order valence-electron chi connectivity index (χ4n) is 2.38. The molecule has 0 aromatic carbocycles. The van der Waals surface area contributed by atoms with Crippen molar-refractivity contribution in [3.05, 3.63) is 0 Å². The summed E-state index contributed by atoms with van der Waals surface area (Å²) >= 11 is 0. The molecule has 0 heterocycles. The van der Waals surface area contributed by atoms with E-state index in [1.54, 1.807) is 19.1 Å². The molecular formula is C12H21NO4. The number of aliphatic carboxylic acids is 1. The number of hydrogen-bond acceptors (Lipinski definition) is 3. The van der Waals surface area contributed by atoms with Gasteiger partial charge >= 0.3 is 5.97 Å². The van der Waals surface area contributed by atoms with E-state index in [2.05, 4.69) is 0 Å². The number of carboxylic acids is 1. The van der Waals surface area contributed by atoms with Crippen LogP contribution in [0.15, 0.2) is 0 Å². The Hall–Kier alpha value is -1.10. The van der Waals surface area contributed by atoms with Gasteiger partial charge in [-0.1, -0.05) is 6.42 Å². The van der Waals surface area contributed by atoms with Crippen molar-refractivity contribution in [3.8, 4) is 0 Å². The second-order valence-electron chi connectivity index (χ2n) is 4.74. The van der Waals surface area contributed by atoms with Crippen LogP contribution in [-0.2, 0) is 14.3 Å². The molecule has 1 aliphatic rings. The first-order chi connectivity index (χ1) is 7.99. The Morgan fingerprint density at radius 3 is 2.53 bits per heavy atom.